The van der Waals surface area contributed by atoms with Crippen LogP contribution in [-0.2, 0) is 4.74 Å². The van der Waals surface area contributed by atoms with Crippen molar-refractivity contribution < 1.29 is 24.1 Å². The SMILES string of the molecule is COc1cc2ncnc(N3CCCN(C(O)COC(N)=O)CC3)c2cc1OC. The highest BCUT2D eigenvalue weighted by Gasteiger charge is 2.23. The fourth-order valence-corrected chi connectivity index (χ4v) is 3.33. The third kappa shape index (κ3) is 4.34. The third-order valence-electron chi connectivity index (χ3n) is 4.75. The van der Waals surface area contributed by atoms with Crippen LogP contribution in [0.4, 0.5) is 10.6 Å². The minimum atomic E-state index is -0.896. The van der Waals surface area contributed by atoms with Gasteiger partial charge in [0.1, 0.15) is 25.0 Å². The maximum absolute atomic E-state index is 10.7. The minimum Gasteiger partial charge on any atom is -0.493 e. The Bertz CT molecular complexity index is 833. The summed E-state index contributed by atoms with van der Waals surface area (Å²) in [7, 11) is 3.18. The van der Waals surface area contributed by atoms with Gasteiger partial charge in [-0.15, -0.1) is 0 Å². The predicted molar refractivity (Wildman–Crippen MR) is 103 cm³/mol. The average molecular weight is 391 g/mol. The zero-order chi connectivity index (χ0) is 20.1. The molecular formula is C18H25N5O5. The van der Waals surface area contributed by atoms with E-state index in [1.807, 2.05) is 17.0 Å². The van der Waals surface area contributed by atoms with Gasteiger partial charge in [0.15, 0.2) is 11.5 Å². The predicted octanol–water partition coefficient (Wildman–Crippen LogP) is 0.573. The number of hydrogen-bond acceptors (Lipinski definition) is 9. The first kappa shape index (κ1) is 19.9. The molecule has 152 valence electrons. The van der Waals surface area contributed by atoms with Gasteiger partial charge in [-0.3, -0.25) is 4.90 Å². The third-order valence-corrected chi connectivity index (χ3v) is 4.75. The van der Waals surface area contributed by atoms with Crippen molar-refractivity contribution in [2.24, 2.45) is 5.73 Å². The summed E-state index contributed by atoms with van der Waals surface area (Å²) in [5.74, 6) is 2.02. The van der Waals surface area contributed by atoms with Crippen LogP contribution >= 0.6 is 0 Å². The molecule has 1 fully saturated rings. The number of rotatable bonds is 6. The maximum atomic E-state index is 10.7. The summed E-state index contributed by atoms with van der Waals surface area (Å²) in [6, 6.07) is 3.70. The van der Waals surface area contributed by atoms with Gasteiger partial charge in [-0.1, -0.05) is 0 Å². The molecule has 10 heteroatoms. The molecule has 1 aromatic heterocycles. The van der Waals surface area contributed by atoms with Gasteiger partial charge in [0.2, 0.25) is 0 Å². The molecule has 1 saturated heterocycles. The second-order valence-corrected chi connectivity index (χ2v) is 6.41. The number of amides is 1. The van der Waals surface area contributed by atoms with Crippen molar-refractivity contribution in [3.63, 3.8) is 0 Å². The summed E-state index contributed by atoms with van der Waals surface area (Å²) in [6.07, 6.45) is 0.556. The highest BCUT2D eigenvalue weighted by atomic mass is 16.6. The molecule has 0 radical (unpaired) electrons. The van der Waals surface area contributed by atoms with Crippen molar-refractivity contribution in [1.29, 1.82) is 0 Å². The summed E-state index contributed by atoms with van der Waals surface area (Å²) >= 11 is 0. The molecule has 2 aromatic rings. The minimum absolute atomic E-state index is 0.150. The molecular weight excluding hydrogens is 366 g/mol. The number of fused-ring (bicyclic) bond motifs is 1. The number of aliphatic hydroxyl groups is 1. The Kier molecular flexibility index (Phi) is 6.32. The average Bonchev–Trinajstić information content (AvgIpc) is 2.96. The van der Waals surface area contributed by atoms with E-state index in [-0.39, 0.29) is 6.61 Å². The van der Waals surface area contributed by atoms with Gasteiger partial charge < -0.3 is 30.0 Å². The van der Waals surface area contributed by atoms with Crippen molar-refractivity contribution in [2.75, 3.05) is 51.9 Å². The van der Waals surface area contributed by atoms with Crippen LogP contribution in [0.25, 0.3) is 10.9 Å². The lowest BCUT2D eigenvalue weighted by atomic mass is 10.2. The van der Waals surface area contributed by atoms with Crippen LogP contribution in [0.5, 0.6) is 11.5 Å². The van der Waals surface area contributed by atoms with Crippen molar-refractivity contribution in [3.8, 4) is 11.5 Å². The Morgan fingerprint density at radius 3 is 2.64 bits per heavy atom. The summed E-state index contributed by atoms with van der Waals surface area (Å²) in [4.78, 5) is 23.6. The van der Waals surface area contributed by atoms with Crippen molar-refractivity contribution in [2.45, 2.75) is 12.6 Å². The molecule has 1 aliphatic rings. The molecule has 0 saturated carbocycles. The molecule has 1 amide bonds. The van der Waals surface area contributed by atoms with Crippen LogP contribution < -0.4 is 20.1 Å². The second-order valence-electron chi connectivity index (χ2n) is 6.41. The zero-order valence-corrected chi connectivity index (χ0v) is 16.0. The molecule has 1 aliphatic heterocycles. The second kappa shape index (κ2) is 8.89. The van der Waals surface area contributed by atoms with Gasteiger partial charge in [-0.2, -0.15) is 0 Å². The summed E-state index contributed by atoms with van der Waals surface area (Å²) in [5.41, 5.74) is 5.73. The molecule has 0 bridgehead atoms. The Morgan fingerprint density at radius 2 is 1.93 bits per heavy atom. The van der Waals surface area contributed by atoms with Crippen LogP contribution in [0.2, 0.25) is 0 Å². The Hall–Kier alpha value is -2.85. The molecule has 1 atom stereocenters. The van der Waals surface area contributed by atoms with E-state index in [9.17, 15) is 9.90 Å². The van der Waals surface area contributed by atoms with Gasteiger partial charge in [-0.25, -0.2) is 14.8 Å². The summed E-state index contributed by atoms with van der Waals surface area (Å²) in [6.45, 7) is 2.51. The maximum Gasteiger partial charge on any atom is 0.404 e. The van der Waals surface area contributed by atoms with Crippen LogP contribution in [0.1, 0.15) is 6.42 Å². The van der Waals surface area contributed by atoms with E-state index in [0.717, 1.165) is 29.7 Å². The number of primary amides is 1. The fourth-order valence-electron chi connectivity index (χ4n) is 3.33. The van der Waals surface area contributed by atoms with E-state index in [2.05, 4.69) is 14.9 Å². The number of ether oxygens (including phenoxy) is 3. The Morgan fingerprint density at radius 1 is 1.18 bits per heavy atom. The quantitative estimate of drug-likeness (QED) is 0.727. The number of anilines is 1. The highest BCUT2D eigenvalue weighted by Crippen LogP contribution is 2.34. The number of nitrogens with two attached hydrogens (primary N) is 1. The molecule has 3 rings (SSSR count). The van der Waals surface area contributed by atoms with Crippen molar-refractivity contribution >= 4 is 22.8 Å². The lowest BCUT2D eigenvalue weighted by Crippen LogP contribution is -2.42. The molecule has 1 unspecified atom stereocenters. The number of carbonyl (C=O) groups excluding carboxylic acids is 1. The number of aliphatic hydroxyl groups excluding tert-OH is 1. The monoisotopic (exact) mass is 391 g/mol. The van der Waals surface area contributed by atoms with E-state index in [1.165, 1.54) is 6.33 Å². The highest BCUT2D eigenvalue weighted by molar-refractivity contribution is 5.92. The largest absolute Gasteiger partial charge is 0.493 e. The fraction of sp³-hybridized carbons (Fsp3) is 0.500. The van der Waals surface area contributed by atoms with Crippen molar-refractivity contribution in [3.05, 3.63) is 18.5 Å². The van der Waals surface area contributed by atoms with Gasteiger partial charge in [0.05, 0.1) is 19.7 Å². The summed E-state index contributed by atoms with van der Waals surface area (Å²) in [5, 5.41) is 11.1. The Labute approximate surface area is 162 Å². The van der Waals surface area contributed by atoms with Gasteiger partial charge in [-0.05, 0) is 12.5 Å². The first-order valence-corrected chi connectivity index (χ1v) is 8.99. The molecule has 0 spiro atoms. The molecule has 0 aliphatic carbocycles. The molecule has 28 heavy (non-hydrogen) atoms. The number of aromatic nitrogens is 2. The van der Waals surface area contributed by atoms with E-state index in [1.54, 1.807) is 14.2 Å². The van der Waals surface area contributed by atoms with Gasteiger partial charge in [0, 0.05) is 37.6 Å². The van der Waals surface area contributed by atoms with Crippen LogP contribution in [0.3, 0.4) is 0 Å². The first-order chi connectivity index (χ1) is 13.5. The number of benzene rings is 1. The molecule has 1 aromatic carbocycles. The van der Waals surface area contributed by atoms with E-state index in [4.69, 9.17) is 19.9 Å². The zero-order valence-electron chi connectivity index (χ0n) is 16.0. The number of hydrogen-bond donors (Lipinski definition) is 2. The smallest absolute Gasteiger partial charge is 0.404 e. The molecule has 10 nitrogen and oxygen atoms in total. The van der Waals surface area contributed by atoms with Gasteiger partial charge in [0.25, 0.3) is 0 Å². The van der Waals surface area contributed by atoms with E-state index < -0.39 is 12.3 Å². The summed E-state index contributed by atoms with van der Waals surface area (Å²) < 4.78 is 15.5. The lowest BCUT2D eigenvalue weighted by Gasteiger charge is -2.26. The molecule has 2 heterocycles. The van der Waals surface area contributed by atoms with Crippen LogP contribution in [0, 0.1) is 0 Å². The van der Waals surface area contributed by atoms with Crippen LogP contribution in [0.15, 0.2) is 18.5 Å². The number of nitrogens with zero attached hydrogens (tertiary/aromatic N) is 4. The number of carbonyl (C=O) groups is 1. The van der Waals surface area contributed by atoms with Crippen molar-refractivity contribution in [1.82, 2.24) is 14.9 Å². The standard InChI is InChI=1S/C18H25N5O5/c1-26-14-8-12-13(9-15(14)27-2)20-11-21-17(12)23-5-3-4-22(6-7-23)16(24)10-28-18(19)25/h8-9,11,16,24H,3-7,10H2,1-2H3,(H2,19,25). The number of methoxy groups -OCH3 is 2. The van der Waals surface area contributed by atoms with Gasteiger partial charge >= 0.3 is 6.09 Å². The van der Waals surface area contributed by atoms with E-state index >= 15 is 0 Å². The normalized spacial score (nSPS) is 16.5. The topological polar surface area (TPSA) is 123 Å². The van der Waals surface area contributed by atoms with Crippen LogP contribution in [-0.4, -0.2) is 79.3 Å². The molecule has 3 N–H and O–H groups in total. The first-order valence-electron chi connectivity index (χ1n) is 8.99. The Balaban J connectivity index is 1.80. The lowest BCUT2D eigenvalue weighted by molar-refractivity contribution is -0.0346. The van der Waals surface area contributed by atoms with E-state index in [0.29, 0.717) is 31.1 Å².